The number of carboxylic acids is 1. The van der Waals surface area contributed by atoms with E-state index in [-0.39, 0.29) is 31.3 Å². The molecule has 0 bridgehead atoms. The van der Waals surface area contributed by atoms with Crippen molar-refractivity contribution in [2.45, 2.75) is 38.3 Å². The van der Waals surface area contributed by atoms with Gasteiger partial charge in [-0.2, -0.15) is 5.10 Å². The molecule has 1 saturated heterocycles. The molecular formula is C22H26N4O4. The number of fused-ring (bicyclic) bond motifs is 1. The van der Waals surface area contributed by atoms with Crippen molar-refractivity contribution >= 4 is 28.7 Å². The first kappa shape index (κ1) is 21.3. The van der Waals surface area contributed by atoms with Crippen molar-refractivity contribution in [3.63, 3.8) is 0 Å². The minimum Gasteiger partial charge on any atom is -0.481 e. The highest BCUT2D eigenvalue weighted by Gasteiger charge is 2.51. The van der Waals surface area contributed by atoms with E-state index < -0.39 is 11.5 Å². The summed E-state index contributed by atoms with van der Waals surface area (Å²) in [6, 6.07) is 5.67. The molecule has 1 atom stereocenters. The Hall–Kier alpha value is -3.42. The lowest BCUT2D eigenvalue weighted by Crippen LogP contribution is -2.68. The van der Waals surface area contributed by atoms with E-state index in [1.165, 1.54) is 9.80 Å². The van der Waals surface area contributed by atoms with Crippen LogP contribution in [0.5, 0.6) is 0 Å². The molecule has 1 fully saturated rings. The van der Waals surface area contributed by atoms with Gasteiger partial charge in [-0.1, -0.05) is 24.8 Å². The quantitative estimate of drug-likeness (QED) is 0.488. The number of benzene rings is 1. The van der Waals surface area contributed by atoms with Gasteiger partial charge in [0.1, 0.15) is 5.54 Å². The number of hydrogen-bond acceptors (Lipinski definition) is 4. The van der Waals surface area contributed by atoms with Gasteiger partial charge < -0.3 is 14.9 Å². The average molecular weight is 410 g/mol. The summed E-state index contributed by atoms with van der Waals surface area (Å²) in [5.74, 6) is -1.52. The van der Waals surface area contributed by atoms with Crippen LogP contribution in [0.1, 0.15) is 31.7 Å². The number of amides is 2. The Morgan fingerprint density at radius 3 is 2.80 bits per heavy atom. The van der Waals surface area contributed by atoms with Gasteiger partial charge in [-0.3, -0.25) is 19.5 Å². The van der Waals surface area contributed by atoms with Crippen molar-refractivity contribution in [2.24, 2.45) is 0 Å². The molecule has 1 unspecified atom stereocenters. The fourth-order valence-electron chi connectivity index (χ4n) is 3.69. The molecule has 158 valence electrons. The number of likely N-dealkylation sites (tertiary alicyclic amines) is 1. The van der Waals surface area contributed by atoms with Crippen molar-refractivity contribution in [1.29, 1.82) is 0 Å². The van der Waals surface area contributed by atoms with E-state index in [2.05, 4.69) is 23.4 Å². The molecule has 30 heavy (non-hydrogen) atoms. The summed E-state index contributed by atoms with van der Waals surface area (Å²) >= 11 is 0. The maximum absolute atomic E-state index is 13.4. The SMILES string of the molecule is C=CCC(=C)C(=O)N1CCC1(C)C(=O)N(CCC(=O)O)Cc1ccc2cn[nH]c2c1. The first-order valence-corrected chi connectivity index (χ1v) is 9.80. The van der Waals surface area contributed by atoms with Crippen molar-refractivity contribution < 1.29 is 19.5 Å². The summed E-state index contributed by atoms with van der Waals surface area (Å²) in [6.45, 7) is 9.90. The molecule has 1 aromatic heterocycles. The van der Waals surface area contributed by atoms with Crippen LogP contribution >= 0.6 is 0 Å². The van der Waals surface area contributed by atoms with Crippen LogP contribution in [0.4, 0.5) is 0 Å². The molecule has 3 rings (SSSR count). The number of nitrogens with one attached hydrogen (secondary N) is 1. The number of rotatable bonds is 9. The minimum atomic E-state index is -1.02. The summed E-state index contributed by atoms with van der Waals surface area (Å²) in [4.78, 5) is 40.3. The van der Waals surface area contributed by atoms with Gasteiger partial charge in [0, 0.05) is 30.6 Å². The summed E-state index contributed by atoms with van der Waals surface area (Å²) in [5.41, 5.74) is 1.05. The second kappa shape index (κ2) is 8.52. The van der Waals surface area contributed by atoms with E-state index in [1.54, 1.807) is 19.2 Å². The van der Waals surface area contributed by atoms with Gasteiger partial charge in [-0.25, -0.2) is 0 Å². The Bertz CT molecular complexity index is 1010. The van der Waals surface area contributed by atoms with Crippen LogP contribution < -0.4 is 0 Å². The van der Waals surface area contributed by atoms with Crippen molar-refractivity contribution in [1.82, 2.24) is 20.0 Å². The summed E-state index contributed by atoms with van der Waals surface area (Å²) < 4.78 is 0. The lowest BCUT2D eigenvalue weighted by Gasteiger charge is -2.51. The monoisotopic (exact) mass is 410 g/mol. The highest BCUT2D eigenvalue weighted by molar-refractivity contribution is 5.99. The van der Waals surface area contributed by atoms with Gasteiger partial charge in [-0.15, -0.1) is 6.58 Å². The van der Waals surface area contributed by atoms with E-state index in [9.17, 15) is 14.4 Å². The molecule has 2 aromatic rings. The van der Waals surface area contributed by atoms with E-state index >= 15 is 0 Å². The van der Waals surface area contributed by atoms with Gasteiger partial charge >= 0.3 is 5.97 Å². The van der Waals surface area contributed by atoms with Crippen LogP contribution in [-0.2, 0) is 20.9 Å². The van der Waals surface area contributed by atoms with Gasteiger partial charge in [-0.05, 0) is 31.4 Å². The zero-order valence-electron chi connectivity index (χ0n) is 17.1. The van der Waals surface area contributed by atoms with E-state index in [0.29, 0.717) is 25.0 Å². The molecule has 8 heteroatoms. The van der Waals surface area contributed by atoms with Crippen molar-refractivity contribution in [3.8, 4) is 0 Å². The molecule has 1 aliphatic rings. The number of nitrogens with zero attached hydrogens (tertiary/aromatic N) is 3. The van der Waals surface area contributed by atoms with Gasteiger partial charge in [0.15, 0.2) is 0 Å². The third kappa shape index (κ3) is 4.12. The number of hydrogen-bond donors (Lipinski definition) is 2. The zero-order chi connectivity index (χ0) is 21.9. The number of carbonyl (C=O) groups is 3. The maximum atomic E-state index is 13.4. The fraction of sp³-hybridized carbons (Fsp3) is 0.364. The molecule has 0 spiro atoms. The standard InChI is InChI=1S/C22H26N4O4/c1-4-5-15(2)20(29)26-11-9-22(26,3)21(30)25(10-8-19(27)28)14-16-6-7-17-13-23-24-18(17)12-16/h4,6-7,12-13H,1-2,5,8-11,14H2,3H3,(H,23,24)(H,27,28). The molecule has 8 nitrogen and oxygen atoms in total. The van der Waals surface area contributed by atoms with Crippen LogP contribution in [0.3, 0.4) is 0 Å². The average Bonchev–Trinajstić information content (AvgIpc) is 3.17. The van der Waals surface area contributed by atoms with E-state index in [4.69, 9.17) is 5.11 Å². The topological polar surface area (TPSA) is 107 Å². The summed E-state index contributed by atoms with van der Waals surface area (Å²) in [7, 11) is 0. The predicted octanol–water partition coefficient (Wildman–Crippen LogP) is 2.49. The number of aliphatic carboxylic acids is 1. The van der Waals surface area contributed by atoms with Crippen molar-refractivity contribution in [2.75, 3.05) is 13.1 Å². The molecule has 0 radical (unpaired) electrons. The third-order valence-electron chi connectivity index (χ3n) is 5.58. The fourth-order valence-corrected chi connectivity index (χ4v) is 3.69. The van der Waals surface area contributed by atoms with E-state index in [1.807, 2.05) is 18.2 Å². The Kier molecular flexibility index (Phi) is 6.05. The highest BCUT2D eigenvalue weighted by Crippen LogP contribution is 2.34. The molecule has 2 amide bonds. The molecular weight excluding hydrogens is 384 g/mol. The summed E-state index contributed by atoms with van der Waals surface area (Å²) in [5, 5.41) is 17.0. The number of allylic oxidation sites excluding steroid dienone is 1. The van der Waals surface area contributed by atoms with E-state index in [0.717, 1.165) is 16.5 Å². The number of carboxylic acid groups (broad SMARTS) is 1. The lowest BCUT2D eigenvalue weighted by molar-refractivity contribution is -0.162. The number of aromatic nitrogens is 2. The second-order valence-electron chi connectivity index (χ2n) is 7.74. The molecule has 1 aromatic carbocycles. The number of carbonyl (C=O) groups excluding carboxylic acids is 2. The molecule has 0 saturated carbocycles. The van der Waals surface area contributed by atoms with Crippen LogP contribution in [0.15, 0.2) is 49.2 Å². The maximum Gasteiger partial charge on any atom is 0.305 e. The van der Waals surface area contributed by atoms with Gasteiger partial charge in [0.2, 0.25) is 11.8 Å². The second-order valence-corrected chi connectivity index (χ2v) is 7.74. The van der Waals surface area contributed by atoms with Crippen LogP contribution in [0.2, 0.25) is 0 Å². The Labute approximate surface area is 174 Å². The lowest BCUT2D eigenvalue weighted by atomic mass is 9.84. The molecule has 2 heterocycles. The Morgan fingerprint density at radius 1 is 1.40 bits per heavy atom. The minimum absolute atomic E-state index is 0.0560. The van der Waals surface area contributed by atoms with Crippen LogP contribution in [-0.4, -0.2) is 61.5 Å². The Balaban J connectivity index is 1.82. The van der Waals surface area contributed by atoms with Crippen LogP contribution in [0.25, 0.3) is 10.9 Å². The predicted molar refractivity (Wildman–Crippen MR) is 112 cm³/mol. The first-order chi connectivity index (χ1) is 14.3. The Morgan fingerprint density at radius 2 is 2.17 bits per heavy atom. The zero-order valence-corrected chi connectivity index (χ0v) is 17.1. The first-order valence-electron chi connectivity index (χ1n) is 9.80. The number of H-pyrrole nitrogens is 1. The van der Waals surface area contributed by atoms with Gasteiger partial charge in [0.25, 0.3) is 0 Å². The number of aromatic amines is 1. The van der Waals surface area contributed by atoms with Crippen molar-refractivity contribution in [3.05, 3.63) is 54.8 Å². The highest BCUT2D eigenvalue weighted by atomic mass is 16.4. The largest absolute Gasteiger partial charge is 0.481 e. The smallest absolute Gasteiger partial charge is 0.305 e. The third-order valence-corrected chi connectivity index (χ3v) is 5.58. The molecule has 0 aliphatic carbocycles. The normalized spacial score (nSPS) is 18.0. The summed E-state index contributed by atoms with van der Waals surface area (Å²) in [6.07, 6.45) is 4.01. The molecule has 1 aliphatic heterocycles. The van der Waals surface area contributed by atoms with Gasteiger partial charge in [0.05, 0.1) is 18.1 Å². The van der Waals surface area contributed by atoms with Crippen LogP contribution in [0, 0.1) is 0 Å². The molecule has 2 N–H and O–H groups in total.